The monoisotopic (exact) mass is 267 g/mol. The number of urea groups is 1. The normalized spacial score (nSPS) is 16.4. The van der Waals surface area contributed by atoms with Crippen LogP contribution in [0, 0.1) is 5.82 Å². The topological polar surface area (TPSA) is 67.6 Å². The zero-order valence-electron chi connectivity index (χ0n) is 10.9. The van der Waals surface area contributed by atoms with Crippen LogP contribution < -0.4 is 15.8 Å². The van der Waals surface area contributed by atoms with Gasteiger partial charge in [-0.3, -0.25) is 0 Å². The molecular weight excluding hydrogens is 249 g/mol. The van der Waals surface area contributed by atoms with Crippen molar-refractivity contribution in [2.24, 2.45) is 5.73 Å². The first-order chi connectivity index (χ1) is 9.08. The summed E-state index contributed by atoms with van der Waals surface area (Å²) < 4.78 is 19.1. The van der Waals surface area contributed by atoms with Crippen LogP contribution in [0.1, 0.15) is 18.5 Å². The Morgan fingerprint density at radius 2 is 2.37 bits per heavy atom. The van der Waals surface area contributed by atoms with Crippen LogP contribution in [0.15, 0.2) is 18.2 Å². The molecule has 1 aliphatic rings. The molecule has 0 aliphatic carbocycles. The van der Waals surface area contributed by atoms with Crippen LogP contribution in [0.5, 0.6) is 5.75 Å². The van der Waals surface area contributed by atoms with Crippen LogP contribution in [-0.2, 0) is 0 Å². The number of nitrogens with one attached hydrogen (secondary N) is 1. The molecule has 0 saturated carbocycles. The van der Waals surface area contributed by atoms with Crippen molar-refractivity contribution in [3.8, 4) is 5.75 Å². The van der Waals surface area contributed by atoms with Gasteiger partial charge in [0.1, 0.15) is 6.61 Å². The first-order valence-corrected chi connectivity index (χ1v) is 6.28. The number of carbonyl (C=O) groups is 1. The smallest absolute Gasteiger partial charge is 0.317 e. The summed E-state index contributed by atoms with van der Waals surface area (Å²) in [5.41, 5.74) is 6.40. The maximum Gasteiger partial charge on any atom is 0.317 e. The zero-order valence-corrected chi connectivity index (χ0v) is 10.9. The maximum atomic E-state index is 13.7. The number of ether oxygens (including phenoxy) is 1. The highest BCUT2D eigenvalue weighted by atomic mass is 19.1. The molecule has 104 valence electrons. The summed E-state index contributed by atoms with van der Waals surface area (Å²) in [4.78, 5) is 12.9. The van der Waals surface area contributed by atoms with Crippen molar-refractivity contribution in [2.45, 2.75) is 13.0 Å². The highest BCUT2D eigenvalue weighted by Gasteiger charge is 2.18. The van der Waals surface area contributed by atoms with E-state index in [1.807, 2.05) is 0 Å². The first kappa shape index (κ1) is 13.6. The van der Waals surface area contributed by atoms with E-state index in [4.69, 9.17) is 10.5 Å². The fourth-order valence-electron chi connectivity index (χ4n) is 1.91. The predicted octanol–water partition coefficient (Wildman–Crippen LogP) is 1.25. The third-order valence-electron chi connectivity index (χ3n) is 3.05. The van der Waals surface area contributed by atoms with Crippen molar-refractivity contribution in [3.63, 3.8) is 0 Å². The Morgan fingerprint density at radius 1 is 1.58 bits per heavy atom. The maximum absolute atomic E-state index is 13.7. The van der Waals surface area contributed by atoms with Crippen molar-refractivity contribution in [2.75, 3.05) is 26.2 Å². The average molecular weight is 267 g/mol. The van der Waals surface area contributed by atoms with Crippen LogP contribution in [0.3, 0.4) is 0 Å². The van der Waals surface area contributed by atoms with E-state index < -0.39 is 5.82 Å². The van der Waals surface area contributed by atoms with E-state index in [0.29, 0.717) is 19.6 Å². The molecule has 5 nitrogen and oxygen atoms in total. The Morgan fingerprint density at radius 3 is 2.95 bits per heavy atom. The largest absolute Gasteiger partial charge is 0.489 e. The molecule has 2 rings (SSSR count). The predicted molar refractivity (Wildman–Crippen MR) is 69.5 cm³/mol. The number of nitrogens with zero attached hydrogens (tertiary/aromatic N) is 1. The Labute approximate surface area is 111 Å². The second-order valence-electron chi connectivity index (χ2n) is 4.55. The van der Waals surface area contributed by atoms with Gasteiger partial charge in [0, 0.05) is 19.1 Å². The summed E-state index contributed by atoms with van der Waals surface area (Å²) in [6.07, 6.45) is 0. The van der Waals surface area contributed by atoms with E-state index in [0.717, 1.165) is 5.56 Å². The van der Waals surface area contributed by atoms with Gasteiger partial charge in [-0.1, -0.05) is 6.07 Å². The molecule has 3 N–H and O–H groups in total. The Bertz CT molecular complexity index is 465. The summed E-state index contributed by atoms with van der Waals surface area (Å²) in [6.45, 7) is 3.81. The van der Waals surface area contributed by atoms with Gasteiger partial charge in [-0.25, -0.2) is 9.18 Å². The minimum absolute atomic E-state index is 0.101. The lowest BCUT2D eigenvalue weighted by atomic mass is 10.1. The van der Waals surface area contributed by atoms with Gasteiger partial charge in [0.2, 0.25) is 0 Å². The number of benzene rings is 1. The van der Waals surface area contributed by atoms with Gasteiger partial charge < -0.3 is 20.7 Å². The summed E-state index contributed by atoms with van der Waals surface area (Å²) >= 11 is 0. The van der Waals surface area contributed by atoms with Crippen molar-refractivity contribution >= 4 is 6.03 Å². The molecule has 1 saturated heterocycles. The third kappa shape index (κ3) is 3.35. The molecule has 0 bridgehead atoms. The van der Waals surface area contributed by atoms with Crippen LogP contribution in [0.4, 0.5) is 9.18 Å². The molecule has 0 radical (unpaired) electrons. The number of amides is 2. The van der Waals surface area contributed by atoms with Gasteiger partial charge in [-0.15, -0.1) is 0 Å². The van der Waals surface area contributed by atoms with E-state index in [2.05, 4.69) is 5.32 Å². The van der Waals surface area contributed by atoms with Crippen molar-refractivity contribution in [1.29, 1.82) is 0 Å². The lowest BCUT2D eigenvalue weighted by Crippen LogP contribution is -2.31. The SMILES string of the molecule is C[C@H](N)c1ccc(OCCN2CCNC2=O)c(F)c1. The number of nitrogens with two attached hydrogens (primary N) is 1. The third-order valence-corrected chi connectivity index (χ3v) is 3.05. The van der Waals surface area contributed by atoms with Crippen LogP contribution in [-0.4, -0.2) is 37.2 Å². The summed E-state index contributed by atoms with van der Waals surface area (Å²) in [7, 11) is 0. The number of halogens is 1. The molecular formula is C13H18FN3O2. The van der Waals surface area contributed by atoms with Gasteiger partial charge in [-0.05, 0) is 24.6 Å². The van der Waals surface area contributed by atoms with Crippen molar-refractivity contribution in [3.05, 3.63) is 29.6 Å². The molecule has 1 aromatic carbocycles. The molecule has 1 heterocycles. The molecule has 19 heavy (non-hydrogen) atoms. The van der Waals surface area contributed by atoms with Gasteiger partial charge in [-0.2, -0.15) is 0 Å². The van der Waals surface area contributed by atoms with Crippen LogP contribution in [0.25, 0.3) is 0 Å². The second-order valence-corrected chi connectivity index (χ2v) is 4.55. The second kappa shape index (κ2) is 5.88. The zero-order chi connectivity index (χ0) is 13.8. The van der Waals surface area contributed by atoms with E-state index in [9.17, 15) is 9.18 Å². The number of rotatable bonds is 5. The molecule has 0 unspecified atom stereocenters. The summed E-state index contributed by atoms with van der Waals surface area (Å²) in [5.74, 6) is -0.246. The Balaban J connectivity index is 1.87. The molecule has 0 spiro atoms. The molecule has 1 aromatic rings. The van der Waals surface area contributed by atoms with E-state index >= 15 is 0 Å². The van der Waals surface area contributed by atoms with Gasteiger partial charge in [0.25, 0.3) is 0 Å². The van der Waals surface area contributed by atoms with Gasteiger partial charge in [0.05, 0.1) is 6.54 Å². The molecule has 1 atom stereocenters. The summed E-state index contributed by atoms with van der Waals surface area (Å²) in [6, 6.07) is 4.37. The standard InChI is InChI=1S/C13H18FN3O2/c1-9(15)10-2-3-12(11(14)8-10)19-7-6-17-5-4-16-13(17)18/h2-3,8-9H,4-7,15H2,1H3,(H,16,18)/t9-/m0/s1. The molecule has 6 heteroatoms. The molecule has 2 amide bonds. The molecule has 1 fully saturated rings. The van der Waals surface area contributed by atoms with Crippen LogP contribution >= 0.6 is 0 Å². The van der Waals surface area contributed by atoms with E-state index in [-0.39, 0.29) is 24.4 Å². The lowest BCUT2D eigenvalue weighted by molar-refractivity contribution is 0.201. The lowest BCUT2D eigenvalue weighted by Gasteiger charge is -2.15. The number of hydrogen-bond acceptors (Lipinski definition) is 3. The quantitative estimate of drug-likeness (QED) is 0.843. The van der Waals surface area contributed by atoms with Gasteiger partial charge in [0.15, 0.2) is 11.6 Å². The summed E-state index contributed by atoms with van der Waals surface area (Å²) in [5, 5.41) is 2.69. The minimum Gasteiger partial charge on any atom is -0.489 e. The van der Waals surface area contributed by atoms with E-state index in [1.165, 1.54) is 6.07 Å². The Kier molecular flexibility index (Phi) is 4.21. The highest BCUT2D eigenvalue weighted by molar-refractivity contribution is 5.76. The molecule has 0 aromatic heterocycles. The Hall–Kier alpha value is -1.82. The number of hydrogen-bond donors (Lipinski definition) is 2. The van der Waals surface area contributed by atoms with Crippen molar-refractivity contribution in [1.82, 2.24) is 10.2 Å². The fraction of sp³-hybridized carbons (Fsp3) is 0.462. The first-order valence-electron chi connectivity index (χ1n) is 6.28. The molecule has 1 aliphatic heterocycles. The van der Waals surface area contributed by atoms with Crippen LogP contribution in [0.2, 0.25) is 0 Å². The van der Waals surface area contributed by atoms with Gasteiger partial charge >= 0.3 is 6.03 Å². The van der Waals surface area contributed by atoms with Crippen molar-refractivity contribution < 1.29 is 13.9 Å². The van der Waals surface area contributed by atoms with E-state index in [1.54, 1.807) is 24.0 Å². The minimum atomic E-state index is -0.430. The number of carbonyl (C=O) groups excluding carboxylic acids is 1. The fourth-order valence-corrected chi connectivity index (χ4v) is 1.91. The average Bonchev–Trinajstić information content (AvgIpc) is 2.77. The highest BCUT2D eigenvalue weighted by Crippen LogP contribution is 2.21.